The molecule has 0 aromatic heterocycles. The van der Waals surface area contributed by atoms with Crippen LogP contribution in [-0.4, -0.2) is 36.6 Å². The van der Waals surface area contributed by atoms with Crippen molar-refractivity contribution in [3.63, 3.8) is 0 Å². The van der Waals surface area contributed by atoms with Crippen LogP contribution < -0.4 is 10.6 Å². The van der Waals surface area contributed by atoms with Crippen LogP contribution in [0.15, 0.2) is 11.1 Å². The van der Waals surface area contributed by atoms with Gasteiger partial charge < -0.3 is 15.7 Å². The van der Waals surface area contributed by atoms with Crippen molar-refractivity contribution in [1.82, 2.24) is 10.6 Å². The Labute approximate surface area is 119 Å². The van der Waals surface area contributed by atoms with E-state index in [0.717, 1.165) is 37.1 Å². The monoisotopic (exact) mass is 280 g/mol. The first-order valence-electron chi connectivity index (χ1n) is 7.35. The second kappa shape index (κ2) is 5.95. The second-order valence-corrected chi connectivity index (χ2v) is 6.28. The summed E-state index contributed by atoms with van der Waals surface area (Å²) in [5.41, 5.74) is 1.07. The Hall–Kier alpha value is -1.36. The Morgan fingerprint density at radius 3 is 2.40 bits per heavy atom. The molecule has 0 spiro atoms. The normalized spacial score (nSPS) is 29.5. The van der Waals surface area contributed by atoms with Crippen molar-refractivity contribution in [2.75, 3.05) is 19.6 Å². The number of amides is 1. The van der Waals surface area contributed by atoms with E-state index >= 15 is 0 Å². The molecule has 5 heteroatoms. The first-order chi connectivity index (χ1) is 9.44. The van der Waals surface area contributed by atoms with Crippen molar-refractivity contribution < 1.29 is 14.7 Å². The van der Waals surface area contributed by atoms with Gasteiger partial charge in [-0.1, -0.05) is 6.92 Å². The summed E-state index contributed by atoms with van der Waals surface area (Å²) in [6, 6.07) is 0. The lowest BCUT2D eigenvalue weighted by Crippen LogP contribution is -2.46. The van der Waals surface area contributed by atoms with Crippen molar-refractivity contribution in [1.29, 1.82) is 0 Å². The molecule has 20 heavy (non-hydrogen) atoms. The van der Waals surface area contributed by atoms with E-state index in [1.165, 1.54) is 0 Å². The summed E-state index contributed by atoms with van der Waals surface area (Å²) in [6.07, 6.45) is 3.15. The quantitative estimate of drug-likeness (QED) is 0.678. The van der Waals surface area contributed by atoms with Crippen LogP contribution in [-0.2, 0) is 9.59 Å². The molecular formula is C15H24N2O3. The minimum atomic E-state index is -0.777. The van der Waals surface area contributed by atoms with E-state index in [1.54, 1.807) is 0 Å². The van der Waals surface area contributed by atoms with Crippen LogP contribution in [0.2, 0.25) is 0 Å². The van der Waals surface area contributed by atoms with Crippen LogP contribution >= 0.6 is 0 Å². The van der Waals surface area contributed by atoms with Gasteiger partial charge >= 0.3 is 5.97 Å². The Balaban J connectivity index is 1.96. The largest absolute Gasteiger partial charge is 0.481 e. The molecule has 112 valence electrons. The second-order valence-electron chi connectivity index (χ2n) is 6.28. The van der Waals surface area contributed by atoms with Gasteiger partial charge in [-0.3, -0.25) is 9.59 Å². The lowest BCUT2D eigenvalue weighted by atomic mass is 9.70. The van der Waals surface area contributed by atoms with Crippen LogP contribution in [0.5, 0.6) is 0 Å². The van der Waals surface area contributed by atoms with Crippen LogP contribution in [0.3, 0.4) is 0 Å². The van der Waals surface area contributed by atoms with Crippen molar-refractivity contribution in [3.05, 3.63) is 11.1 Å². The van der Waals surface area contributed by atoms with Gasteiger partial charge in [0.15, 0.2) is 0 Å². The highest BCUT2D eigenvalue weighted by Crippen LogP contribution is 2.38. The van der Waals surface area contributed by atoms with E-state index in [0.29, 0.717) is 18.8 Å². The van der Waals surface area contributed by atoms with Gasteiger partial charge in [0.25, 0.3) is 0 Å². The third-order valence-electron chi connectivity index (χ3n) is 4.82. The molecule has 2 rings (SSSR count). The molecule has 2 aliphatic rings. The molecule has 2 fully saturated rings. The fourth-order valence-corrected chi connectivity index (χ4v) is 2.84. The molecule has 0 unspecified atom stereocenters. The maximum Gasteiger partial charge on any atom is 0.311 e. The number of nitrogens with one attached hydrogen (secondary N) is 2. The predicted octanol–water partition coefficient (Wildman–Crippen LogP) is 1.30. The zero-order valence-corrected chi connectivity index (χ0v) is 12.3. The summed E-state index contributed by atoms with van der Waals surface area (Å²) >= 11 is 0. The van der Waals surface area contributed by atoms with E-state index in [1.807, 2.05) is 6.92 Å². The van der Waals surface area contributed by atoms with Crippen LogP contribution in [0, 0.1) is 11.3 Å². The van der Waals surface area contributed by atoms with E-state index in [-0.39, 0.29) is 12.5 Å². The molecule has 0 radical (unpaired) electrons. The average molecular weight is 280 g/mol. The minimum absolute atomic E-state index is 0.124. The van der Waals surface area contributed by atoms with E-state index in [9.17, 15) is 14.7 Å². The van der Waals surface area contributed by atoms with Crippen LogP contribution in [0.25, 0.3) is 0 Å². The number of carbonyl (C=O) groups is 2. The number of carboxylic acids is 1. The first kappa shape index (κ1) is 15.0. The van der Waals surface area contributed by atoms with E-state index in [2.05, 4.69) is 17.6 Å². The summed E-state index contributed by atoms with van der Waals surface area (Å²) in [6.45, 7) is 5.73. The molecule has 5 nitrogen and oxygen atoms in total. The summed E-state index contributed by atoms with van der Waals surface area (Å²) < 4.78 is 0. The molecule has 0 atom stereocenters. The summed E-state index contributed by atoms with van der Waals surface area (Å²) in [7, 11) is 0. The molecular weight excluding hydrogens is 256 g/mol. The van der Waals surface area contributed by atoms with Crippen molar-refractivity contribution >= 4 is 11.9 Å². The van der Waals surface area contributed by atoms with Gasteiger partial charge in [-0.2, -0.15) is 0 Å². The molecule has 1 saturated carbocycles. The zero-order chi connectivity index (χ0) is 14.8. The van der Waals surface area contributed by atoms with Gasteiger partial charge in [-0.15, -0.1) is 0 Å². The number of carbonyl (C=O) groups excluding carboxylic acids is 1. The van der Waals surface area contributed by atoms with Gasteiger partial charge in [-0.05, 0) is 44.1 Å². The van der Waals surface area contributed by atoms with Crippen molar-refractivity contribution in [3.8, 4) is 0 Å². The average Bonchev–Trinajstić information content (AvgIpc) is 2.35. The smallest absolute Gasteiger partial charge is 0.311 e. The number of rotatable bonds is 4. The molecule has 0 aromatic rings. The number of aliphatic carboxylic acids is 1. The fraction of sp³-hybridized carbons (Fsp3) is 0.733. The van der Waals surface area contributed by atoms with E-state index < -0.39 is 11.4 Å². The standard InChI is InChI=1S/C15H24N2O3/c1-10-3-5-15(6-4-10,14(19)20)9-17-13(18)11(2)12-7-16-8-12/h10,16H,3-9H2,1-2H3,(H,17,18)(H,19,20). The zero-order valence-electron chi connectivity index (χ0n) is 12.3. The Bertz CT molecular complexity index is 428. The fourth-order valence-electron chi connectivity index (χ4n) is 2.84. The number of hydrogen-bond donors (Lipinski definition) is 3. The van der Waals surface area contributed by atoms with Crippen LogP contribution in [0.1, 0.15) is 39.5 Å². The molecule has 0 bridgehead atoms. The molecule has 1 saturated heterocycles. The highest BCUT2D eigenvalue weighted by atomic mass is 16.4. The summed E-state index contributed by atoms with van der Waals surface area (Å²) in [5.74, 6) is -0.316. The highest BCUT2D eigenvalue weighted by Gasteiger charge is 2.41. The molecule has 1 heterocycles. The van der Waals surface area contributed by atoms with E-state index in [4.69, 9.17) is 0 Å². The predicted molar refractivity (Wildman–Crippen MR) is 76.3 cm³/mol. The molecule has 1 aliphatic heterocycles. The van der Waals surface area contributed by atoms with Crippen molar-refractivity contribution in [2.24, 2.45) is 11.3 Å². The third-order valence-corrected chi connectivity index (χ3v) is 4.82. The summed E-state index contributed by atoms with van der Waals surface area (Å²) in [5, 5.41) is 15.5. The summed E-state index contributed by atoms with van der Waals surface area (Å²) in [4.78, 5) is 23.7. The SMILES string of the molecule is CC(C(=O)NCC1(C(=O)O)CCC(C)CC1)=C1CNC1. The number of hydrogen-bond acceptors (Lipinski definition) is 3. The molecule has 3 N–H and O–H groups in total. The maximum atomic E-state index is 12.1. The van der Waals surface area contributed by atoms with Crippen LogP contribution in [0.4, 0.5) is 0 Å². The third kappa shape index (κ3) is 3.03. The lowest BCUT2D eigenvalue weighted by Gasteiger charge is -2.36. The lowest BCUT2D eigenvalue weighted by molar-refractivity contribution is -0.151. The topological polar surface area (TPSA) is 78.4 Å². The maximum absolute atomic E-state index is 12.1. The van der Waals surface area contributed by atoms with Gasteiger partial charge in [-0.25, -0.2) is 0 Å². The van der Waals surface area contributed by atoms with Gasteiger partial charge in [0.1, 0.15) is 0 Å². The Kier molecular flexibility index (Phi) is 4.48. The first-order valence-corrected chi connectivity index (χ1v) is 7.35. The van der Waals surface area contributed by atoms with Crippen molar-refractivity contribution in [2.45, 2.75) is 39.5 Å². The Morgan fingerprint density at radius 1 is 1.35 bits per heavy atom. The molecule has 0 aromatic carbocycles. The minimum Gasteiger partial charge on any atom is -0.481 e. The highest BCUT2D eigenvalue weighted by molar-refractivity contribution is 5.94. The van der Waals surface area contributed by atoms with Gasteiger partial charge in [0.05, 0.1) is 5.41 Å². The molecule has 1 amide bonds. The molecule has 1 aliphatic carbocycles. The number of carboxylic acid groups (broad SMARTS) is 1. The van der Waals surface area contributed by atoms with Gasteiger partial charge in [0.2, 0.25) is 5.91 Å². The van der Waals surface area contributed by atoms with Gasteiger partial charge in [0, 0.05) is 25.2 Å². The Morgan fingerprint density at radius 2 is 1.95 bits per heavy atom.